The van der Waals surface area contributed by atoms with Gasteiger partial charge in [0.25, 0.3) is 0 Å². The zero-order chi connectivity index (χ0) is 17.5. The molecule has 25 heavy (non-hydrogen) atoms. The first-order chi connectivity index (χ1) is 12.2. The molecule has 0 spiro atoms. The number of nitrogens with zero attached hydrogens (tertiary/aromatic N) is 3. The molecule has 0 saturated heterocycles. The molecule has 1 aromatic carbocycles. The van der Waals surface area contributed by atoms with Gasteiger partial charge in [0.2, 0.25) is 5.95 Å². The molecule has 2 aromatic heterocycles. The predicted molar refractivity (Wildman–Crippen MR) is 99.1 cm³/mol. The van der Waals surface area contributed by atoms with Crippen molar-refractivity contribution >= 4 is 17.5 Å². The molecule has 0 unspecified atom stereocenters. The van der Waals surface area contributed by atoms with Crippen molar-refractivity contribution in [2.24, 2.45) is 0 Å². The Labute approximate surface area is 147 Å². The average molecular weight is 335 g/mol. The zero-order valence-corrected chi connectivity index (χ0v) is 14.3. The lowest BCUT2D eigenvalue weighted by Crippen LogP contribution is -2.06. The molecular weight excluding hydrogens is 314 g/mol. The predicted octanol–water partition coefficient (Wildman–Crippen LogP) is 4.01. The second-order valence-corrected chi connectivity index (χ2v) is 5.79. The first-order valence-corrected chi connectivity index (χ1v) is 8.18. The third kappa shape index (κ3) is 5.17. The highest BCUT2D eigenvalue weighted by atomic mass is 16.5. The summed E-state index contributed by atoms with van der Waals surface area (Å²) in [6.07, 6.45) is 5.42. The molecule has 0 aliphatic rings. The molecule has 0 amide bonds. The summed E-state index contributed by atoms with van der Waals surface area (Å²) >= 11 is 0. The summed E-state index contributed by atoms with van der Waals surface area (Å²) in [6, 6.07) is 13.5. The summed E-state index contributed by atoms with van der Waals surface area (Å²) in [7, 11) is 0. The number of rotatable bonds is 7. The zero-order valence-electron chi connectivity index (χ0n) is 14.3. The lowest BCUT2D eigenvalue weighted by atomic mass is 10.3. The molecule has 2 N–H and O–H groups in total. The Bertz CT molecular complexity index is 790. The van der Waals surface area contributed by atoms with Crippen molar-refractivity contribution in [1.29, 1.82) is 0 Å². The maximum Gasteiger partial charge on any atom is 0.224 e. The van der Waals surface area contributed by atoms with E-state index in [-0.39, 0.29) is 6.10 Å². The van der Waals surface area contributed by atoms with Gasteiger partial charge in [-0.1, -0.05) is 0 Å². The van der Waals surface area contributed by atoms with Crippen molar-refractivity contribution in [3.05, 3.63) is 66.6 Å². The Kier molecular flexibility index (Phi) is 5.41. The van der Waals surface area contributed by atoms with Crippen LogP contribution in [0.2, 0.25) is 0 Å². The summed E-state index contributed by atoms with van der Waals surface area (Å²) in [5.41, 5.74) is 2.06. The van der Waals surface area contributed by atoms with E-state index in [9.17, 15) is 0 Å². The number of pyridine rings is 1. The largest absolute Gasteiger partial charge is 0.491 e. The van der Waals surface area contributed by atoms with Crippen molar-refractivity contribution < 1.29 is 4.74 Å². The van der Waals surface area contributed by atoms with Gasteiger partial charge >= 0.3 is 0 Å². The van der Waals surface area contributed by atoms with E-state index in [0.29, 0.717) is 12.5 Å². The minimum absolute atomic E-state index is 0.162. The molecule has 0 atom stereocenters. The summed E-state index contributed by atoms with van der Waals surface area (Å²) in [4.78, 5) is 12.7. The number of ether oxygens (including phenoxy) is 1. The number of aromatic nitrogens is 3. The van der Waals surface area contributed by atoms with Crippen molar-refractivity contribution in [2.75, 3.05) is 10.6 Å². The Balaban J connectivity index is 1.61. The number of hydrogen-bond donors (Lipinski definition) is 2. The van der Waals surface area contributed by atoms with Crippen molar-refractivity contribution in [3.8, 4) is 5.75 Å². The van der Waals surface area contributed by atoms with Gasteiger partial charge in [-0.3, -0.25) is 4.98 Å². The van der Waals surface area contributed by atoms with Gasteiger partial charge in [0.05, 0.1) is 6.10 Å². The third-order valence-corrected chi connectivity index (χ3v) is 3.35. The van der Waals surface area contributed by atoms with Crippen LogP contribution >= 0.6 is 0 Å². The molecule has 0 bridgehead atoms. The standard InChI is InChI=1S/C19H21N5O/c1-14(2)25-17-5-3-16(4-6-17)23-18-9-12-21-19(24-18)22-13-15-7-10-20-11-8-15/h3-12,14H,13H2,1-2H3,(H2,21,22,23,24). The monoisotopic (exact) mass is 335 g/mol. The highest BCUT2D eigenvalue weighted by Crippen LogP contribution is 2.20. The van der Waals surface area contributed by atoms with E-state index < -0.39 is 0 Å². The lowest BCUT2D eigenvalue weighted by molar-refractivity contribution is 0.242. The molecule has 6 nitrogen and oxygen atoms in total. The third-order valence-electron chi connectivity index (χ3n) is 3.35. The molecule has 3 rings (SSSR count). The van der Waals surface area contributed by atoms with Crippen LogP contribution in [0.4, 0.5) is 17.5 Å². The second-order valence-electron chi connectivity index (χ2n) is 5.79. The Hall–Kier alpha value is -3.15. The molecule has 128 valence electrons. The molecule has 3 aromatic rings. The highest BCUT2D eigenvalue weighted by molar-refractivity contribution is 5.57. The van der Waals surface area contributed by atoms with Crippen LogP contribution in [0.3, 0.4) is 0 Å². The van der Waals surface area contributed by atoms with Crippen LogP contribution in [0.15, 0.2) is 61.1 Å². The summed E-state index contributed by atoms with van der Waals surface area (Å²) in [5.74, 6) is 2.15. The van der Waals surface area contributed by atoms with Crippen LogP contribution in [0, 0.1) is 0 Å². The summed E-state index contributed by atoms with van der Waals surface area (Å²) in [5, 5.41) is 6.47. The van der Waals surface area contributed by atoms with Crippen LogP contribution < -0.4 is 15.4 Å². The molecule has 0 aliphatic heterocycles. The van der Waals surface area contributed by atoms with Gasteiger partial charge in [0.15, 0.2) is 0 Å². The molecular formula is C19H21N5O. The number of benzene rings is 1. The van der Waals surface area contributed by atoms with Gasteiger partial charge in [-0.05, 0) is 61.9 Å². The Morgan fingerprint density at radius 2 is 1.72 bits per heavy atom. The SMILES string of the molecule is CC(C)Oc1ccc(Nc2ccnc(NCc3ccncc3)n2)cc1. The van der Waals surface area contributed by atoms with Crippen molar-refractivity contribution in [2.45, 2.75) is 26.5 Å². The van der Waals surface area contributed by atoms with Crippen LogP contribution in [0.5, 0.6) is 5.75 Å². The van der Waals surface area contributed by atoms with Gasteiger partial charge in [-0.15, -0.1) is 0 Å². The summed E-state index contributed by atoms with van der Waals surface area (Å²) < 4.78 is 5.64. The Morgan fingerprint density at radius 3 is 2.44 bits per heavy atom. The van der Waals surface area contributed by atoms with Gasteiger partial charge in [-0.25, -0.2) is 4.98 Å². The average Bonchev–Trinajstić information content (AvgIpc) is 2.62. The summed E-state index contributed by atoms with van der Waals surface area (Å²) in [6.45, 7) is 4.66. The van der Waals surface area contributed by atoms with Crippen LogP contribution in [0.25, 0.3) is 0 Å². The highest BCUT2D eigenvalue weighted by Gasteiger charge is 2.02. The van der Waals surface area contributed by atoms with E-state index in [2.05, 4.69) is 25.6 Å². The van der Waals surface area contributed by atoms with E-state index in [1.807, 2.05) is 56.3 Å². The van der Waals surface area contributed by atoms with E-state index in [1.54, 1.807) is 18.6 Å². The minimum Gasteiger partial charge on any atom is -0.491 e. The second kappa shape index (κ2) is 8.10. The first-order valence-electron chi connectivity index (χ1n) is 8.18. The molecule has 2 heterocycles. The minimum atomic E-state index is 0.162. The van der Waals surface area contributed by atoms with Gasteiger partial charge in [0, 0.05) is 30.8 Å². The first kappa shape index (κ1) is 16.7. The van der Waals surface area contributed by atoms with Crippen LogP contribution in [-0.4, -0.2) is 21.1 Å². The topological polar surface area (TPSA) is 72.0 Å². The number of hydrogen-bond acceptors (Lipinski definition) is 6. The van der Waals surface area contributed by atoms with Crippen molar-refractivity contribution in [3.63, 3.8) is 0 Å². The van der Waals surface area contributed by atoms with E-state index in [1.165, 1.54) is 0 Å². The molecule has 0 aliphatic carbocycles. The number of anilines is 3. The van der Waals surface area contributed by atoms with Gasteiger partial charge in [-0.2, -0.15) is 4.98 Å². The normalized spacial score (nSPS) is 10.5. The fraction of sp³-hybridized carbons (Fsp3) is 0.211. The van der Waals surface area contributed by atoms with Crippen LogP contribution in [0.1, 0.15) is 19.4 Å². The Morgan fingerprint density at radius 1 is 0.960 bits per heavy atom. The maximum atomic E-state index is 5.64. The molecule has 0 radical (unpaired) electrons. The van der Waals surface area contributed by atoms with Crippen molar-refractivity contribution in [1.82, 2.24) is 15.0 Å². The smallest absolute Gasteiger partial charge is 0.224 e. The van der Waals surface area contributed by atoms with E-state index in [4.69, 9.17) is 4.74 Å². The van der Waals surface area contributed by atoms with E-state index in [0.717, 1.165) is 22.8 Å². The maximum absolute atomic E-state index is 5.64. The molecule has 0 saturated carbocycles. The van der Waals surface area contributed by atoms with E-state index >= 15 is 0 Å². The molecule has 0 fully saturated rings. The molecule has 6 heteroatoms. The van der Waals surface area contributed by atoms with Crippen LogP contribution in [-0.2, 0) is 6.54 Å². The lowest BCUT2D eigenvalue weighted by Gasteiger charge is -2.11. The fourth-order valence-electron chi connectivity index (χ4n) is 2.23. The van der Waals surface area contributed by atoms with Gasteiger partial charge in [0.1, 0.15) is 11.6 Å². The number of nitrogens with one attached hydrogen (secondary N) is 2. The quantitative estimate of drug-likeness (QED) is 0.679. The van der Waals surface area contributed by atoms with Gasteiger partial charge < -0.3 is 15.4 Å². The fourth-order valence-corrected chi connectivity index (χ4v) is 2.23.